The Hall–Kier alpha value is -8.40. The van der Waals surface area contributed by atoms with Crippen LogP contribution in [0.5, 0.6) is 23.0 Å². The van der Waals surface area contributed by atoms with Gasteiger partial charge in [-0.25, -0.2) is 0 Å². The zero-order valence-corrected chi connectivity index (χ0v) is 37.1. The second-order valence-electron chi connectivity index (χ2n) is 18.8. The van der Waals surface area contributed by atoms with E-state index < -0.39 is 5.41 Å². The predicted octanol–water partition coefficient (Wildman–Crippen LogP) is 17.0. The third kappa shape index (κ3) is 5.34. The minimum Gasteiger partial charge on any atom is -0.450 e. The maximum atomic E-state index is 6.66. The van der Waals surface area contributed by atoms with E-state index in [1.807, 2.05) is 24.3 Å². The Morgan fingerprint density at radius 1 is 0.299 bits per heavy atom. The second-order valence-corrected chi connectivity index (χ2v) is 18.8. The summed E-state index contributed by atoms with van der Waals surface area (Å²) in [5.74, 6) is 2.90. The van der Waals surface area contributed by atoms with Crippen molar-refractivity contribution in [1.82, 2.24) is 0 Å². The number of rotatable bonds is 5. The summed E-state index contributed by atoms with van der Waals surface area (Å²) in [7, 11) is 0. The van der Waals surface area contributed by atoms with Gasteiger partial charge in [0.05, 0.1) is 5.41 Å². The van der Waals surface area contributed by atoms with Gasteiger partial charge >= 0.3 is 0 Å². The molecule has 10 aromatic carbocycles. The van der Waals surface area contributed by atoms with Gasteiger partial charge in [-0.1, -0.05) is 178 Å². The number of benzene rings is 10. The molecule has 3 nitrogen and oxygen atoms in total. The lowest BCUT2D eigenvalue weighted by atomic mass is 9.70. The first kappa shape index (κ1) is 37.9. The van der Waals surface area contributed by atoms with Crippen LogP contribution >= 0.6 is 0 Å². The molecule has 14 rings (SSSR count). The van der Waals surface area contributed by atoms with Crippen molar-refractivity contribution in [2.24, 2.45) is 0 Å². The minimum atomic E-state index is -0.549. The normalized spacial score (nSPS) is 14.3. The molecule has 0 amide bonds. The molecular formula is C64H43NO2. The maximum absolute atomic E-state index is 6.66. The molecule has 0 saturated carbocycles. The fourth-order valence-electron chi connectivity index (χ4n) is 12.0. The number of anilines is 3. The van der Waals surface area contributed by atoms with E-state index in [4.69, 9.17) is 9.47 Å². The topological polar surface area (TPSA) is 21.7 Å². The number of fused-ring (bicyclic) bond motifs is 15. The summed E-state index contributed by atoms with van der Waals surface area (Å²) in [6, 6.07) is 81.9. The highest BCUT2D eigenvalue weighted by atomic mass is 16.6. The van der Waals surface area contributed by atoms with Crippen LogP contribution in [0.25, 0.3) is 55.6 Å². The molecular weight excluding hydrogens is 815 g/mol. The molecule has 0 radical (unpaired) electrons. The van der Waals surface area contributed by atoms with Crippen LogP contribution in [0.15, 0.2) is 224 Å². The number of ether oxygens (including phenoxy) is 2. The van der Waals surface area contributed by atoms with Gasteiger partial charge in [0.1, 0.15) is 0 Å². The number of para-hydroxylation sites is 2. The molecule has 4 aliphatic rings. The molecule has 10 aromatic rings. The number of hydrogen-bond acceptors (Lipinski definition) is 3. The molecule has 0 fully saturated rings. The van der Waals surface area contributed by atoms with Crippen LogP contribution in [0.3, 0.4) is 0 Å². The molecule has 1 spiro atoms. The molecule has 316 valence electrons. The molecule has 1 aliphatic heterocycles. The maximum Gasteiger partial charge on any atom is 0.170 e. The fourth-order valence-corrected chi connectivity index (χ4v) is 12.0. The molecule has 0 bridgehead atoms. The molecule has 0 unspecified atom stereocenters. The first-order valence-electron chi connectivity index (χ1n) is 23.2. The Morgan fingerprint density at radius 2 is 0.776 bits per heavy atom. The minimum absolute atomic E-state index is 0.129. The number of hydrogen-bond donors (Lipinski definition) is 0. The summed E-state index contributed by atoms with van der Waals surface area (Å²) >= 11 is 0. The first-order chi connectivity index (χ1) is 33.0. The van der Waals surface area contributed by atoms with Gasteiger partial charge in [0.2, 0.25) is 0 Å². The van der Waals surface area contributed by atoms with Gasteiger partial charge in [-0.2, -0.15) is 0 Å². The smallest absolute Gasteiger partial charge is 0.170 e. The fraction of sp³-hybridized carbons (Fsp3) is 0.0625. The highest BCUT2D eigenvalue weighted by Crippen LogP contribution is 2.66. The lowest BCUT2D eigenvalue weighted by Gasteiger charge is -2.31. The van der Waals surface area contributed by atoms with Crippen molar-refractivity contribution < 1.29 is 9.47 Å². The van der Waals surface area contributed by atoms with Crippen LogP contribution in [0, 0.1) is 0 Å². The largest absolute Gasteiger partial charge is 0.450 e. The van der Waals surface area contributed by atoms with Gasteiger partial charge in [0, 0.05) is 22.5 Å². The molecule has 1 heterocycles. The zero-order valence-electron chi connectivity index (χ0n) is 37.1. The predicted molar refractivity (Wildman–Crippen MR) is 272 cm³/mol. The van der Waals surface area contributed by atoms with Crippen molar-refractivity contribution in [1.29, 1.82) is 0 Å². The zero-order chi connectivity index (χ0) is 44.4. The molecule has 0 aromatic heterocycles. The van der Waals surface area contributed by atoms with Crippen LogP contribution in [0.1, 0.15) is 47.2 Å². The van der Waals surface area contributed by atoms with Crippen molar-refractivity contribution >= 4 is 17.1 Å². The lowest BCUT2D eigenvalue weighted by Crippen LogP contribution is -2.26. The van der Waals surface area contributed by atoms with E-state index in [-0.39, 0.29) is 5.41 Å². The van der Waals surface area contributed by atoms with E-state index in [0.717, 1.165) is 51.2 Å². The van der Waals surface area contributed by atoms with Gasteiger partial charge < -0.3 is 14.4 Å². The third-order valence-corrected chi connectivity index (χ3v) is 15.0. The third-order valence-electron chi connectivity index (χ3n) is 15.0. The van der Waals surface area contributed by atoms with Crippen LogP contribution in [-0.2, 0) is 10.8 Å². The molecule has 3 heteroatoms. The van der Waals surface area contributed by atoms with Gasteiger partial charge in [-0.05, 0) is 150 Å². The summed E-state index contributed by atoms with van der Waals surface area (Å²) in [5.41, 5.74) is 22.7. The average molecular weight is 858 g/mol. The molecule has 0 atom stereocenters. The average Bonchev–Trinajstić information content (AvgIpc) is 3.93. The Balaban J connectivity index is 0.937. The SMILES string of the molecule is CC1(C)c2ccccc2-c2ccc(N(c3ccc(-c4ccccc4)cc3)c3ccc(-c4cccc5c4-c4cc6c(cc4C54c5ccccc5-c5ccccc54)Oc4ccccc4O6)cc3)cc21. The Morgan fingerprint density at radius 3 is 1.43 bits per heavy atom. The van der Waals surface area contributed by atoms with Crippen molar-refractivity contribution in [3.8, 4) is 78.6 Å². The van der Waals surface area contributed by atoms with Crippen molar-refractivity contribution in [3.63, 3.8) is 0 Å². The van der Waals surface area contributed by atoms with Crippen LogP contribution in [0.2, 0.25) is 0 Å². The van der Waals surface area contributed by atoms with Gasteiger partial charge in [-0.15, -0.1) is 0 Å². The summed E-state index contributed by atoms with van der Waals surface area (Å²) < 4.78 is 13.3. The summed E-state index contributed by atoms with van der Waals surface area (Å²) in [6.07, 6.45) is 0. The first-order valence-corrected chi connectivity index (χ1v) is 23.2. The monoisotopic (exact) mass is 857 g/mol. The number of nitrogens with zero attached hydrogens (tertiary/aromatic N) is 1. The van der Waals surface area contributed by atoms with Crippen molar-refractivity contribution in [2.75, 3.05) is 4.90 Å². The summed E-state index contributed by atoms with van der Waals surface area (Å²) in [4.78, 5) is 2.41. The summed E-state index contributed by atoms with van der Waals surface area (Å²) in [5, 5.41) is 0. The molecule has 67 heavy (non-hydrogen) atoms. The van der Waals surface area contributed by atoms with E-state index >= 15 is 0 Å². The van der Waals surface area contributed by atoms with E-state index in [0.29, 0.717) is 0 Å². The van der Waals surface area contributed by atoms with Gasteiger partial charge in [-0.3, -0.25) is 0 Å². The van der Waals surface area contributed by atoms with E-state index in [1.54, 1.807) is 0 Å². The second kappa shape index (κ2) is 14.1. The van der Waals surface area contributed by atoms with Crippen LogP contribution < -0.4 is 14.4 Å². The quantitative estimate of drug-likeness (QED) is 0.172. The molecule has 0 N–H and O–H groups in total. The van der Waals surface area contributed by atoms with Crippen molar-refractivity contribution in [3.05, 3.63) is 258 Å². The highest BCUT2D eigenvalue weighted by Gasteiger charge is 2.53. The van der Waals surface area contributed by atoms with Crippen molar-refractivity contribution in [2.45, 2.75) is 24.7 Å². The van der Waals surface area contributed by atoms with E-state index in [1.165, 1.54) is 77.9 Å². The standard InChI is InChI=1S/C64H43NO2/c1-63(2)52-21-9-6-17-47(52)50-36-35-45(37-56(50)63)65(43-31-27-41(28-32-43)40-15-4-3-5-16-40)44-33-29-42(30-34-44)46-20-14-24-55-62(46)51-38-60-61(67-59-26-13-12-25-58(59)66-60)39-57(51)64(55)53-22-10-7-18-48(53)49-19-8-11-23-54(49)64/h3-39H,1-2H3. The Labute approximate surface area is 390 Å². The lowest BCUT2D eigenvalue weighted by molar-refractivity contribution is 0.359. The summed E-state index contributed by atoms with van der Waals surface area (Å²) in [6.45, 7) is 4.71. The van der Waals surface area contributed by atoms with Crippen LogP contribution in [0.4, 0.5) is 17.1 Å². The highest BCUT2D eigenvalue weighted by molar-refractivity contribution is 6.01. The van der Waals surface area contributed by atoms with Gasteiger partial charge in [0.15, 0.2) is 23.0 Å². The van der Waals surface area contributed by atoms with Gasteiger partial charge in [0.25, 0.3) is 0 Å². The van der Waals surface area contributed by atoms with Crippen LogP contribution in [-0.4, -0.2) is 0 Å². The Bertz CT molecular complexity index is 3610. The molecule has 3 aliphatic carbocycles. The van der Waals surface area contributed by atoms with E-state index in [9.17, 15) is 0 Å². The van der Waals surface area contributed by atoms with E-state index in [2.05, 4.69) is 219 Å². The molecule has 0 saturated heterocycles. The Kier molecular flexibility index (Phi) is 7.95.